The molecule has 0 aromatic heterocycles. The van der Waals surface area contributed by atoms with Crippen molar-refractivity contribution in [1.82, 2.24) is 0 Å². The van der Waals surface area contributed by atoms with Crippen molar-refractivity contribution in [3.8, 4) is 23.0 Å². The molecule has 0 bridgehead atoms. The van der Waals surface area contributed by atoms with Gasteiger partial charge in [0.2, 0.25) is 5.91 Å². The Morgan fingerprint density at radius 1 is 1.05 bits per heavy atom. The zero-order valence-electron chi connectivity index (χ0n) is 21.1. The Balaban J connectivity index is 1.41. The van der Waals surface area contributed by atoms with Crippen molar-refractivity contribution in [3.63, 3.8) is 0 Å². The van der Waals surface area contributed by atoms with Gasteiger partial charge in [-0.1, -0.05) is 24.3 Å². The first-order valence-electron chi connectivity index (χ1n) is 12.1. The molecule has 0 fully saturated rings. The smallest absolute Gasteiger partial charge is 0.267 e. The normalized spacial score (nSPS) is 14.6. The maximum absolute atomic E-state index is 12.8. The summed E-state index contributed by atoms with van der Waals surface area (Å²) in [6.07, 6.45) is 2.48. The highest BCUT2D eigenvalue weighted by molar-refractivity contribution is 6.03. The van der Waals surface area contributed by atoms with Crippen LogP contribution < -0.4 is 29.2 Å². The first kappa shape index (κ1) is 25.6. The number of carbonyl (C=O) groups is 2. The van der Waals surface area contributed by atoms with Crippen LogP contribution in [0.3, 0.4) is 0 Å². The fourth-order valence-corrected chi connectivity index (χ4v) is 3.91. The number of fused-ring (bicyclic) bond motifs is 1. The number of nitrogens with one attached hydrogen (secondary N) is 1. The van der Waals surface area contributed by atoms with Gasteiger partial charge < -0.3 is 29.2 Å². The molecule has 1 atom stereocenters. The second-order valence-corrected chi connectivity index (χ2v) is 8.26. The standard InChI is InChI=1S/C29H30N2O6/c1-4-35-25-14-10-21(18-27(25)34-3)11-15-28(32)30-22-12-13-24-26(19-22)37-20(2)29(33)31(24)16-17-36-23-8-6-5-7-9-23/h5-15,18-20H,4,16-17H2,1-3H3,(H,30,32)/b15-11+. The van der Waals surface area contributed by atoms with Gasteiger partial charge in [0, 0.05) is 17.8 Å². The molecule has 2 amide bonds. The molecule has 0 aliphatic carbocycles. The van der Waals surface area contributed by atoms with Gasteiger partial charge in [0.1, 0.15) is 18.1 Å². The molecule has 1 unspecified atom stereocenters. The van der Waals surface area contributed by atoms with E-state index in [-0.39, 0.29) is 11.8 Å². The molecule has 8 heteroatoms. The van der Waals surface area contributed by atoms with Crippen molar-refractivity contribution < 1.29 is 28.5 Å². The molecule has 0 saturated heterocycles. The maximum Gasteiger partial charge on any atom is 0.267 e. The molecule has 1 aliphatic heterocycles. The van der Waals surface area contributed by atoms with Crippen molar-refractivity contribution in [2.75, 3.05) is 37.1 Å². The van der Waals surface area contributed by atoms with Gasteiger partial charge in [-0.2, -0.15) is 0 Å². The Morgan fingerprint density at radius 3 is 2.62 bits per heavy atom. The summed E-state index contributed by atoms with van der Waals surface area (Å²) < 4.78 is 22.5. The Kier molecular flexibility index (Phi) is 8.30. The third-order valence-electron chi connectivity index (χ3n) is 5.68. The summed E-state index contributed by atoms with van der Waals surface area (Å²) in [5.74, 6) is 2.05. The zero-order chi connectivity index (χ0) is 26.2. The molecule has 192 valence electrons. The second kappa shape index (κ2) is 12.0. The van der Waals surface area contributed by atoms with Gasteiger partial charge in [-0.3, -0.25) is 9.59 Å². The van der Waals surface area contributed by atoms with Gasteiger partial charge in [-0.05, 0) is 61.9 Å². The largest absolute Gasteiger partial charge is 0.493 e. The van der Waals surface area contributed by atoms with Crippen LogP contribution in [0, 0.1) is 0 Å². The number of carbonyl (C=O) groups excluding carboxylic acids is 2. The van der Waals surface area contributed by atoms with Crippen molar-refractivity contribution in [2.24, 2.45) is 0 Å². The average Bonchev–Trinajstić information content (AvgIpc) is 2.91. The first-order chi connectivity index (χ1) is 18.0. The second-order valence-electron chi connectivity index (χ2n) is 8.26. The van der Waals surface area contributed by atoms with E-state index in [4.69, 9.17) is 18.9 Å². The van der Waals surface area contributed by atoms with Gasteiger partial charge in [0.25, 0.3) is 5.91 Å². The van der Waals surface area contributed by atoms with Crippen molar-refractivity contribution in [3.05, 3.63) is 78.4 Å². The van der Waals surface area contributed by atoms with Crippen molar-refractivity contribution in [1.29, 1.82) is 0 Å². The van der Waals surface area contributed by atoms with Gasteiger partial charge in [0.15, 0.2) is 17.6 Å². The lowest BCUT2D eigenvalue weighted by Gasteiger charge is -2.33. The molecule has 37 heavy (non-hydrogen) atoms. The number of methoxy groups -OCH3 is 1. The van der Waals surface area contributed by atoms with Crippen LogP contribution in [-0.2, 0) is 9.59 Å². The number of hydrogen-bond donors (Lipinski definition) is 1. The molecule has 4 rings (SSSR count). The van der Waals surface area contributed by atoms with Gasteiger partial charge in [-0.25, -0.2) is 0 Å². The monoisotopic (exact) mass is 502 g/mol. The summed E-state index contributed by atoms with van der Waals surface area (Å²) in [6.45, 7) is 4.84. The van der Waals surface area contributed by atoms with Crippen molar-refractivity contribution >= 4 is 29.3 Å². The number of para-hydroxylation sites is 1. The van der Waals surface area contributed by atoms with E-state index in [0.29, 0.717) is 48.4 Å². The fourth-order valence-electron chi connectivity index (χ4n) is 3.91. The predicted octanol–water partition coefficient (Wildman–Crippen LogP) is 4.94. The summed E-state index contributed by atoms with van der Waals surface area (Å²) in [4.78, 5) is 27.0. The van der Waals surface area contributed by atoms with Crippen LogP contribution in [0.15, 0.2) is 72.8 Å². The summed E-state index contributed by atoms with van der Waals surface area (Å²) in [7, 11) is 1.57. The summed E-state index contributed by atoms with van der Waals surface area (Å²) in [5.41, 5.74) is 1.99. The minimum atomic E-state index is -0.648. The summed E-state index contributed by atoms with van der Waals surface area (Å²) >= 11 is 0. The number of nitrogens with zero attached hydrogens (tertiary/aromatic N) is 1. The van der Waals surface area contributed by atoms with Crippen LogP contribution in [-0.4, -0.2) is 44.8 Å². The number of rotatable bonds is 10. The van der Waals surface area contributed by atoms with E-state index in [1.807, 2.05) is 43.3 Å². The SMILES string of the molecule is CCOc1ccc(/C=C/C(=O)Nc2ccc3c(c2)OC(C)C(=O)N3CCOc2ccccc2)cc1OC. The van der Waals surface area contributed by atoms with Gasteiger partial charge in [-0.15, -0.1) is 0 Å². The van der Waals surface area contributed by atoms with E-state index in [2.05, 4.69) is 5.32 Å². The zero-order valence-corrected chi connectivity index (χ0v) is 21.1. The summed E-state index contributed by atoms with van der Waals surface area (Å²) in [6, 6.07) is 20.1. The molecule has 3 aromatic rings. The Hall–Kier alpha value is -4.46. The molecule has 1 heterocycles. The lowest BCUT2D eigenvalue weighted by molar-refractivity contribution is -0.125. The molecule has 1 aliphatic rings. The Morgan fingerprint density at radius 2 is 1.86 bits per heavy atom. The molecular weight excluding hydrogens is 472 g/mol. The summed E-state index contributed by atoms with van der Waals surface area (Å²) in [5, 5.41) is 2.84. The third-order valence-corrected chi connectivity index (χ3v) is 5.68. The van der Waals surface area contributed by atoms with Gasteiger partial charge >= 0.3 is 0 Å². The number of ether oxygens (including phenoxy) is 4. The highest BCUT2D eigenvalue weighted by Gasteiger charge is 2.31. The number of anilines is 2. The minimum absolute atomic E-state index is 0.144. The van der Waals surface area contributed by atoms with Crippen LogP contribution in [0.4, 0.5) is 11.4 Å². The van der Waals surface area contributed by atoms with E-state index in [9.17, 15) is 9.59 Å². The average molecular weight is 503 g/mol. The van der Waals surface area contributed by atoms with Crippen LogP contribution in [0.1, 0.15) is 19.4 Å². The highest BCUT2D eigenvalue weighted by Crippen LogP contribution is 2.36. The van der Waals surface area contributed by atoms with E-state index in [1.165, 1.54) is 6.08 Å². The number of amides is 2. The molecule has 0 radical (unpaired) electrons. The third kappa shape index (κ3) is 6.41. The maximum atomic E-state index is 12.8. The first-order valence-corrected chi connectivity index (χ1v) is 12.1. The van der Waals surface area contributed by atoms with E-state index in [0.717, 1.165) is 11.3 Å². The van der Waals surface area contributed by atoms with E-state index in [1.54, 1.807) is 55.3 Å². The molecule has 8 nitrogen and oxygen atoms in total. The molecule has 0 spiro atoms. The molecular formula is C29H30N2O6. The molecule has 0 saturated carbocycles. The quantitative estimate of drug-likeness (QED) is 0.395. The van der Waals surface area contributed by atoms with Crippen molar-refractivity contribution in [2.45, 2.75) is 20.0 Å². The van der Waals surface area contributed by atoms with Crippen LogP contribution in [0.25, 0.3) is 6.08 Å². The van der Waals surface area contributed by atoms with E-state index >= 15 is 0 Å². The van der Waals surface area contributed by atoms with Crippen LogP contribution >= 0.6 is 0 Å². The highest BCUT2D eigenvalue weighted by atomic mass is 16.5. The van der Waals surface area contributed by atoms with Gasteiger partial charge in [0.05, 0.1) is 25.9 Å². The van der Waals surface area contributed by atoms with E-state index < -0.39 is 6.10 Å². The lowest BCUT2D eigenvalue weighted by Crippen LogP contribution is -2.46. The Labute approximate surface area is 216 Å². The van der Waals surface area contributed by atoms with Crippen LogP contribution in [0.2, 0.25) is 0 Å². The topological polar surface area (TPSA) is 86.3 Å². The Bertz CT molecular complexity index is 1270. The minimum Gasteiger partial charge on any atom is -0.493 e. The fraction of sp³-hybridized carbons (Fsp3) is 0.241. The molecule has 3 aromatic carbocycles. The number of hydrogen-bond acceptors (Lipinski definition) is 6. The lowest BCUT2D eigenvalue weighted by atomic mass is 10.1. The predicted molar refractivity (Wildman–Crippen MR) is 143 cm³/mol. The van der Waals surface area contributed by atoms with Crippen LogP contribution in [0.5, 0.6) is 23.0 Å². The molecule has 1 N–H and O–H groups in total. The number of benzene rings is 3.